The Morgan fingerprint density at radius 2 is 0.770 bits per heavy atom. The van der Waals surface area contributed by atoms with Gasteiger partial charge >= 0.3 is 52.8 Å². The number of anilines is 4. The van der Waals surface area contributed by atoms with E-state index in [9.17, 15) is 62.5 Å². The third-order valence-electron chi connectivity index (χ3n) is 18.3. The normalized spacial score (nSPS) is 11.3. The molecule has 0 amide bonds. The van der Waals surface area contributed by atoms with Crippen LogP contribution in [0.2, 0.25) is 4.94 Å². The molecular weight excluding hydrogens is 2060 g/mol. The summed E-state index contributed by atoms with van der Waals surface area (Å²) in [5, 5.41) is 59.5. The molecule has 0 bridgehead atoms. The van der Waals surface area contributed by atoms with Gasteiger partial charge in [-0.3, -0.25) is 49.4 Å². The molecular formula is C89H81Cl2N17O17S9Sn. The van der Waals surface area contributed by atoms with Gasteiger partial charge in [0.15, 0.2) is 10.3 Å². The third-order valence-corrected chi connectivity index (χ3v) is 24.9. The number of isothiocyanates is 1. The van der Waals surface area contributed by atoms with Crippen LogP contribution in [0.4, 0.5) is 37.8 Å². The number of aliphatic imine (C=N–C) groups is 1. The Morgan fingerprint density at radius 1 is 0.489 bits per heavy atom. The van der Waals surface area contributed by atoms with Crippen LogP contribution in [0.1, 0.15) is 86.3 Å². The Kier molecular flexibility index (Phi) is 43.5. The molecule has 8 N–H and O–H groups in total. The zero-order valence-electron chi connectivity index (χ0n) is 71.3. The number of quaternary nitrogens is 1. The Bertz CT molecular complexity index is 6290. The second-order valence-electron chi connectivity index (χ2n) is 27.5. The van der Waals surface area contributed by atoms with Gasteiger partial charge < -0.3 is 50.4 Å². The molecule has 0 unspecified atom stereocenters. The van der Waals surface area contributed by atoms with Gasteiger partial charge in [0.2, 0.25) is 0 Å². The zero-order chi connectivity index (χ0) is 95.6. The number of hydrogen-bond acceptors (Lipinski definition) is 36. The maximum absolute atomic E-state index is 11.0. The van der Waals surface area contributed by atoms with Crippen LogP contribution in [0, 0.1) is 36.9 Å². The number of benzene rings is 8. The third kappa shape index (κ3) is 34.8. The van der Waals surface area contributed by atoms with Crippen molar-refractivity contribution in [2.45, 2.75) is 74.6 Å². The number of carbonyl (C=O) groups is 4. The quantitative estimate of drug-likeness (QED) is 0.00229. The summed E-state index contributed by atoms with van der Waals surface area (Å²) in [6, 6.07) is 64.7. The number of nitro groups is 3. The summed E-state index contributed by atoms with van der Waals surface area (Å²) in [4.78, 5) is 114. The summed E-state index contributed by atoms with van der Waals surface area (Å²) in [6.45, 7) is 7.36. The summed E-state index contributed by atoms with van der Waals surface area (Å²) in [5.74, 6) is -0.477. The van der Waals surface area contributed by atoms with E-state index >= 15 is 0 Å². The van der Waals surface area contributed by atoms with Crippen molar-refractivity contribution in [2.24, 2.45) is 4.99 Å². The van der Waals surface area contributed by atoms with Crippen LogP contribution >= 0.6 is 109 Å². The van der Waals surface area contributed by atoms with Crippen LogP contribution < -0.4 is 26.8 Å². The van der Waals surface area contributed by atoms with Gasteiger partial charge in [-0.1, -0.05) is 170 Å². The molecule has 7 aromatic heterocycles. The molecule has 0 radical (unpaired) electrons. The van der Waals surface area contributed by atoms with Gasteiger partial charge in [0.05, 0.1) is 84.5 Å². The predicted molar refractivity (Wildman–Crippen MR) is 534 cm³/mol. The fourth-order valence-electron chi connectivity index (χ4n) is 12.1. The molecule has 4 atom stereocenters. The van der Waals surface area contributed by atoms with Crippen molar-refractivity contribution in [2.75, 3.05) is 34.3 Å². The predicted octanol–water partition coefficient (Wildman–Crippen LogP) is 21.6. The van der Waals surface area contributed by atoms with E-state index in [4.69, 9.17) is 65.8 Å². The van der Waals surface area contributed by atoms with E-state index in [1.807, 2.05) is 153 Å². The van der Waals surface area contributed by atoms with Crippen molar-refractivity contribution in [1.82, 2.24) is 41.0 Å². The van der Waals surface area contributed by atoms with Crippen LogP contribution in [0.3, 0.4) is 0 Å². The Labute approximate surface area is 821 Å². The minimum absolute atomic E-state index is 0. The number of methoxy groups -OCH3 is 1. The number of rotatable bonds is 38. The molecule has 0 aliphatic heterocycles. The SMILES string of the molecule is O=COCc1ncsc1N[C@@H](Cc1ccc(NS(=O)(=O)[O-])cc1)c1csc(-c2ccccc2)n1.O=COCc1ncsc1N[C@@H](Cc1ccc([N+](=O)[O-])cc1)c1csc(-c2ccccc2)n1.O=COCc1ncsc1N[C@@H](Cc1ccc([N+](=O)[O-])cc1)c1csc(-c2ccccc2)n1.O=[N+]([O-])c1ccc(C[C@H](N=C=S)c2csc(-c3ccccc3)n2)cc1.[C-]#[N+]CC(=O)OC.[CH3][SnH]([Cl])[Cl].[NH4+]. The number of esters is 1. The fourth-order valence-corrected chi connectivity index (χ4v) is 18.3. The summed E-state index contributed by atoms with van der Waals surface area (Å²) in [5.41, 5.74) is 18.5. The van der Waals surface area contributed by atoms with Gasteiger partial charge in [0.25, 0.3) is 36.5 Å². The van der Waals surface area contributed by atoms with Crippen LogP contribution in [-0.4, -0.2) is 124 Å². The van der Waals surface area contributed by atoms with Crippen LogP contribution in [0.5, 0.6) is 0 Å². The monoisotopic (exact) mass is 2140 g/mol. The minimum Gasteiger partial charge on any atom is -0.369 e. The van der Waals surface area contributed by atoms with Crippen LogP contribution in [-0.2, 0) is 93.9 Å². The zero-order valence-corrected chi connectivity index (χ0v) is 83.5. The molecule has 0 saturated carbocycles. The van der Waals surface area contributed by atoms with E-state index in [-0.39, 0.29) is 79.4 Å². The van der Waals surface area contributed by atoms with E-state index in [2.05, 4.69) is 55.6 Å². The molecule has 15 rings (SSSR count). The first-order chi connectivity index (χ1) is 64.9. The second kappa shape index (κ2) is 55.6. The van der Waals surface area contributed by atoms with Crippen LogP contribution in [0.15, 0.2) is 261 Å². The maximum atomic E-state index is 11.0. The number of aromatic nitrogens is 7. The van der Waals surface area contributed by atoms with Gasteiger partial charge in [0, 0.05) is 92.3 Å². The van der Waals surface area contributed by atoms with Crippen molar-refractivity contribution in [1.29, 1.82) is 0 Å². The number of nitro benzene ring substituents is 3. The van der Waals surface area contributed by atoms with E-state index < -0.39 is 48.5 Å². The Hall–Kier alpha value is -13.0. The summed E-state index contributed by atoms with van der Waals surface area (Å²) >= 11 is 13.5. The van der Waals surface area contributed by atoms with Gasteiger partial charge in [-0.25, -0.2) is 59.7 Å². The average molecular weight is 2140 g/mol. The number of ether oxygens (including phenoxy) is 4. The molecule has 0 spiro atoms. The fraction of sp³-hybridized carbons (Fsp3) is 0.157. The first-order valence-corrected chi connectivity index (χ1v) is 59.1. The number of halogens is 2. The van der Waals surface area contributed by atoms with Gasteiger partial charge in [0.1, 0.15) is 78.0 Å². The van der Waals surface area contributed by atoms with Gasteiger partial charge in [-0.2, -0.15) is 0 Å². The van der Waals surface area contributed by atoms with E-state index in [0.29, 0.717) is 62.2 Å². The molecule has 46 heteroatoms. The summed E-state index contributed by atoms with van der Waals surface area (Å²) in [7, 11) is 7.17. The number of nitrogens with zero attached hydrogens (tertiary/aromatic N) is 12. The van der Waals surface area contributed by atoms with Crippen molar-refractivity contribution in [3.05, 3.63) is 360 Å². The van der Waals surface area contributed by atoms with Gasteiger partial charge in [-0.15, -0.1) is 79.4 Å². The summed E-state index contributed by atoms with van der Waals surface area (Å²) < 4.78 is 53.5. The topological polar surface area (TPSA) is 483 Å². The Balaban J connectivity index is 0.000000195. The number of thiazole rings is 7. The molecule has 0 fully saturated rings. The van der Waals surface area contributed by atoms with E-state index in [1.165, 1.54) is 101 Å². The van der Waals surface area contributed by atoms with Crippen molar-refractivity contribution in [3.8, 4) is 42.3 Å². The van der Waals surface area contributed by atoms with E-state index in [1.54, 1.807) is 99.1 Å². The molecule has 0 aliphatic rings. The first-order valence-electron chi connectivity index (χ1n) is 39.4. The molecule has 7 heterocycles. The minimum atomic E-state index is -4.59. The second-order valence-corrected chi connectivity index (χ2v) is 48.0. The number of carbonyl (C=O) groups excluding carboxylic acids is 4. The number of thiocarbonyl (C=S) groups is 1. The molecule has 135 heavy (non-hydrogen) atoms. The molecule has 0 aliphatic carbocycles. The smallest absolute Gasteiger partial charge is 0.369 e. The van der Waals surface area contributed by atoms with Crippen molar-refractivity contribution >= 4 is 206 Å². The van der Waals surface area contributed by atoms with Gasteiger partial charge in [-0.05, 0) is 65.9 Å². The standard InChI is InChI=1S/C22H20N4O5S3.2C22H18N4O4S2.C18H13N3O2S2.C4H5NO2.CH3.2ClH.H3N.Sn.H/c27-14-31-11-19-22(33-13-23-19)24-18(10-15-6-8-17(9-7-15)26-34(28,29)30)20-12-32-21(25-20)16-4-2-1-3-5-16;2*27-14-30-11-19-22(32-13-23-19)24-18(10-15-6-8-17(9-7-15)26(28)29)20-12-31-21(25-20)16-4-2-1-3-5-16;22-21(23)15-8-6-13(7-9-15)10-16(19-12-24)17-11-25-18(20-17)14-4-2-1-3-5-14;1-5-3-4(6)7-2;;;;;;/h1-9,12-14,18,24,26H,10-11H2,(H,28,29,30);2*1-9,12-14,18,24H,10-11H2;1-9,11,16H,10H2;3H2,2H3;1H3;2*1H;1H3;;/q;;;;;;;;;+2;/p-2/t3*18-;16-;;;;;;;/m0000......./s1. The molecule has 0 saturated heterocycles. The van der Waals surface area contributed by atoms with Crippen molar-refractivity contribution < 1.29 is 65.9 Å². The number of non-ortho nitro benzene ring substituents is 3. The number of hydrogen-bond donors (Lipinski definition) is 5. The van der Waals surface area contributed by atoms with E-state index in [0.717, 1.165) is 102 Å². The largest absolute Gasteiger partial charge is 0.369 e. The first kappa shape index (κ1) is 106. The molecule has 696 valence electrons. The molecule has 34 nitrogen and oxygen atoms in total. The molecule has 8 aromatic carbocycles. The number of nitrogens with one attached hydrogen (secondary N) is 4. The van der Waals surface area contributed by atoms with Crippen molar-refractivity contribution in [3.63, 3.8) is 0 Å². The van der Waals surface area contributed by atoms with Crippen LogP contribution in [0.25, 0.3) is 47.1 Å². The average Bonchev–Trinajstić information content (AvgIpc) is 1.68. The summed E-state index contributed by atoms with van der Waals surface area (Å²) in [6.07, 6.45) is 2.19. The maximum Gasteiger partial charge on any atom is -0.369 e. The Morgan fingerprint density at radius 3 is 1.03 bits per heavy atom. The molecule has 15 aromatic rings.